The number of aromatic amines is 1. The zero-order chi connectivity index (χ0) is 32.1. The van der Waals surface area contributed by atoms with Gasteiger partial charge in [0.05, 0.1) is 29.2 Å². The molecule has 0 unspecified atom stereocenters. The molecule has 0 aliphatic rings. The van der Waals surface area contributed by atoms with Crippen LogP contribution in [0.15, 0.2) is 55.1 Å². The lowest BCUT2D eigenvalue weighted by Gasteiger charge is -2.26. The van der Waals surface area contributed by atoms with Gasteiger partial charge in [0, 0.05) is 92.1 Å². The smallest absolute Gasteiger partial charge is 0.231 e. The van der Waals surface area contributed by atoms with E-state index in [1.807, 2.05) is 56.8 Å². The fraction of sp³-hybridized carbons (Fsp3) is 0.281. The zero-order valence-corrected chi connectivity index (χ0v) is 27.6. The average molecular weight is 626 g/mol. The Kier molecular flexibility index (Phi) is 9.75. The third kappa shape index (κ3) is 6.82. The second-order valence-electron chi connectivity index (χ2n) is 11.0. The average Bonchev–Trinajstić information content (AvgIpc) is 3.51. The van der Waals surface area contributed by atoms with Crippen molar-refractivity contribution < 1.29 is 4.74 Å². The molecule has 0 spiro atoms. The van der Waals surface area contributed by atoms with Gasteiger partial charge in [-0.1, -0.05) is 7.92 Å². The summed E-state index contributed by atoms with van der Waals surface area (Å²) in [6, 6.07) is 9.94. The van der Waals surface area contributed by atoms with Gasteiger partial charge in [0.1, 0.15) is 17.2 Å². The van der Waals surface area contributed by atoms with Gasteiger partial charge < -0.3 is 40.9 Å². The predicted molar refractivity (Wildman–Crippen MR) is 189 cm³/mol. The number of aromatic nitrogens is 5. The van der Waals surface area contributed by atoms with E-state index < -0.39 is 7.92 Å². The first-order chi connectivity index (χ1) is 21.7. The number of fused-ring (bicyclic) bond motifs is 2. The monoisotopic (exact) mass is 625 g/mol. The van der Waals surface area contributed by atoms with Crippen LogP contribution in [-0.4, -0.2) is 97.8 Å². The van der Waals surface area contributed by atoms with E-state index in [-0.39, 0.29) is 0 Å². The van der Waals surface area contributed by atoms with Crippen LogP contribution in [0.1, 0.15) is 5.56 Å². The Labute approximate surface area is 264 Å². The highest BCUT2D eigenvalue weighted by atomic mass is 31.1. The molecule has 13 heteroatoms. The number of anilines is 5. The lowest BCUT2D eigenvalue weighted by atomic mass is 10.0. The number of likely N-dealkylation sites (N-methyl/N-ethyl adjacent to an activating group) is 2. The standard InChI is InChI=1S/C32H40N11OP/c1-34-19-20(18-33)22-16-25(27(44-5)17-26(22)43(4)15-14-42(2)3)39-32-40-30-21(10-11-37-30)31(41-32)38-24-9-8-23-28(29(24)45(6)7)36-13-12-35-23/h8-13,16-19,33-34H,14-15H2,1-7H3,(H3,37,38,39,40,41)/b20-19+,33-18?. The number of H-pyrrole nitrogens is 1. The third-order valence-corrected chi connectivity index (χ3v) is 8.70. The highest BCUT2D eigenvalue weighted by Gasteiger charge is 2.19. The molecule has 5 aromatic rings. The van der Waals surface area contributed by atoms with Gasteiger partial charge in [-0.15, -0.1) is 0 Å². The zero-order valence-electron chi connectivity index (χ0n) is 26.7. The molecule has 0 aliphatic heterocycles. The minimum atomic E-state index is -0.512. The van der Waals surface area contributed by atoms with Crippen molar-refractivity contribution in [1.29, 1.82) is 5.41 Å². The van der Waals surface area contributed by atoms with E-state index in [0.29, 0.717) is 28.9 Å². The molecule has 45 heavy (non-hydrogen) atoms. The maximum Gasteiger partial charge on any atom is 0.231 e. The predicted octanol–water partition coefficient (Wildman–Crippen LogP) is 4.97. The second kappa shape index (κ2) is 13.9. The molecule has 0 aliphatic carbocycles. The number of hydrogen-bond acceptors (Lipinski definition) is 11. The molecule has 0 fully saturated rings. The van der Waals surface area contributed by atoms with Crippen LogP contribution in [0.4, 0.5) is 28.8 Å². The minimum Gasteiger partial charge on any atom is -0.494 e. The summed E-state index contributed by atoms with van der Waals surface area (Å²) in [5.74, 6) is 1.67. The number of rotatable bonds is 13. The van der Waals surface area contributed by atoms with Crippen molar-refractivity contribution in [3.8, 4) is 5.75 Å². The Balaban J connectivity index is 1.58. The summed E-state index contributed by atoms with van der Waals surface area (Å²) in [5.41, 5.74) is 6.57. The van der Waals surface area contributed by atoms with Gasteiger partial charge >= 0.3 is 0 Å². The molecule has 5 N–H and O–H groups in total. The quantitative estimate of drug-likeness (QED) is 0.0899. The van der Waals surface area contributed by atoms with Gasteiger partial charge in [-0.3, -0.25) is 9.97 Å². The summed E-state index contributed by atoms with van der Waals surface area (Å²) in [7, 11) is 9.10. The molecule has 0 bridgehead atoms. The fourth-order valence-corrected chi connectivity index (χ4v) is 6.33. The first kappa shape index (κ1) is 31.6. The van der Waals surface area contributed by atoms with Crippen LogP contribution in [0.2, 0.25) is 0 Å². The Morgan fingerprint density at radius 3 is 2.53 bits per heavy atom. The van der Waals surface area contributed by atoms with Gasteiger partial charge in [-0.2, -0.15) is 9.97 Å². The van der Waals surface area contributed by atoms with E-state index in [0.717, 1.165) is 57.3 Å². The van der Waals surface area contributed by atoms with Crippen LogP contribution in [0, 0.1) is 5.41 Å². The molecule has 0 amide bonds. The Morgan fingerprint density at radius 2 is 1.82 bits per heavy atom. The molecular weight excluding hydrogens is 585 g/mol. The molecule has 234 valence electrons. The van der Waals surface area contributed by atoms with Gasteiger partial charge in [0.15, 0.2) is 0 Å². The first-order valence-corrected chi connectivity index (χ1v) is 16.7. The number of nitrogens with zero attached hydrogens (tertiary/aromatic N) is 6. The topological polar surface area (TPSA) is 143 Å². The highest BCUT2D eigenvalue weighted by molar-refractivity contribution is 7.65. The number of methoxy groups -OCH3 is 1. The minimum absolute atomic E-state index is 0.386. The molecule has 0 saturated heterocycles. The maximum atomic E-state index is 8.15. The molecule has 12 nitrogen and oxygen atoms in total. The van der Waals surface area contributed by atoms with Crippen LogP contribution < -0.4 is 30.9 Å². The number of allylic oxidation sites excluding steroid dienone is 1. The van der Waals surface area contributed by atoms with E-state index in [4.69, 9.17) is 20.1 Å². The van der Waals surface area contributed by atoms with E-state index >= 15 is 0 Å². The van der Waals surface area contributed by atoms with Crippen molar-refractivity contribution in [2.24, 2.45) is 0 Å². The molecule has 0 radical (unpaired) electrons. The molecule has 0 saturated carbocycles. The van der Waals surface area contributed by atoms with Gasteiger partial charge in [0.2, 0.25) is 5.95 Å². The van der Waals surface area contributed by atoms with E-state index in [9.17, 15) is 0 Å². The SMILES string of the molecule is CN/C=C(\C=N)c1cc(Nc2nc(Nc3ccc4nccnc4c3P(C)C)c3cc[nH]c3n2)c(OC)cc1N(C)CCN(C)C. The molecule has 0 atom stereocenters. The number of hydrogen-bond donors (Lipinski definition) is 5. The Bertz CT molecular complexity index is 1850. The molecule has 3 aromatic heterocycles. The second-order valence-corrected chi connectivity index (χ2v) is 13.2. The summed E-state index contributed by atoms with van der Waals surface area (Å²) >= 11 is 0. The van der Waals surface area contributed by atoms with Gasteiger partial charge in [0.25, 0.3) is 0 Å². The van der Waals surface area contributed by atoms with Crippen molar-refractivity contribution in [1.82, 2.24) is 35.1 Å². The summed E-state index contributed by atoms with van der Waals surface area (Å²) in [6.45, 7) is 6.08. The van der Waals surface area contributed by atoms with Gasteiger partial charge in [-0.25, -0.2) is 0 Å². The van der Waals surface area contributed by atoms with Crippen LogP contribution >= 0.6 is 7.92 Å². The molecule has 2 aromatic carbocycles. The van der Waals surface area contributed by atoms with Crippen LogP contribution in [0.3, 0.4) is 0 Å². The highest BCUT2D eigenvalue weighted by Crippen LogP contribution is 2.38. The van der Waals surface area contributed by atoms with Crippen molar-refractivity contribution in [2.45, 2.75) is 0 Å². The summed E-state index contributed by atoms with van der Waals surface area (Å²) < 4.78 is 5.86. The summed E-state index contributed by atoms with van der Waals surface area (Å²) in [4.78, 5) is 26.4. The lowest BCUT2D eigenvalue weighted by Crippen LogP contribution is -2.29. The fourth-order valence-electron chi connectivity index (χ4n) is 5.12. The van der Waals surface area contributed by atoms with Crippen LogP contribution in [0.25, 0.3) is 27.6 Å². The Morgan fingerprint density at radius 1 is 1.02 bits per heavy atom. The van der Waals surface area contributed by atoms with E-state index in [2.05, 4.69) is 68.1 Å². The van der Waals surface area contributed by atoms with Crippen LogP contribution in [-0.2, 0) is 0 Å². The van der Waals surface area contributed by atoms with Crippen molar-refractivity contribution in [2.75, 3.05) is 77.3 Å². The van der Waals surface area contributed by atoms with Crippen LogP contribution in [0.5, 0.6) is 5.75 Å². The molecular formula is C32H40N11OP. The van der Waals surface area contributed by atoms with E-state index in [1.165, 1.54) is 6.21 Å². The van der Waals surface area contributed by atoms with Crippen molar-refractivity contribution in [3.05, 3.63) is 60.7 Å². The third-order valence-electron chi connectivity index (χ3n) is 7.35. The summed E-state index contributed by atoms with van der Waals surface area (Å²) in [6.07, 6.45) is 8.45. The number of benzene rings is 2. The summed E-state index contributed by atoms with van der Waals surface area (Å²) in [5, 5.41) is 20.2. The Hall–Kier alpha value is -4.80. The molecule has 3 heterocycles. The lowest BCUT2D eigenvalue weighted by molar-refractivity contribution is 0.413. The van der Waals surface area contributed by atoms with E-state index in [1.54, 1.807) is 19.5 Å². The van der Waals surface area contributed by atoms with Crippen molar-refractivity contribution >= 4 is 75.9 Å². The van der Waals surface area contributed by atoms with Crippen molar-refractivity contribution in [3.63, 3.8) is 0 Å². The number of ether oxygens (including phenoxy) is 1. The normalized spacial score (nSPS) is 11.8. The molecule has 5 rings (SSSR count). The first-order valence-electron chi connectivity index (χ1n) is 14.5. The van der Waals surface area contributed by atoms with Gasteiger partial charge in [-0.05, 0) is 51.7 Å². The largest absolute Gasteiger partial charge is 0.494 e. The number of nitrogens with one attached hydrogen (secondary N) is 5. The maximum absolute atomic E-state index is 8.15.